The van der Waals surface area contributed by atoms with E-state index in [0.717, 1.165) is 17.4 Å². The first-order chi connectivity index (χ1) is 13.7. The van der Waals surface area contributed by atoms with Gasteiger partial charge in [-0.15, -0.1) is 0 Å². The summed E-state index contributed by atoms with van der Waals surface area (Å²) in [5.41, 5.74) is 1.84. The van der Waals surface area contributed by atoms with Crippen LogP contribution in [-0.2, 0) is 5.41 Å². The van der Waals surface area contributed by atoms with E-state index in [2.05, 4.69) is 41.5 Å². The Bertz CT molecular complexity index is 582. The molecule has 0 heterocycles. The maximum absolute atomic E-state index is 13.1. The van der Waals surface area contributed by atoms with E-state index < -0.39 is 0 Å². The molecule has 2 fully saturated rings. The van der Waals surface area contributed by atoms with Crippen LogP contribution in [0.3, 0.4) is 0 Å². The summed E-state index contributed by atoms with van der Waals surface area (Å²) in [6.07, 6.45) is 13.3. The molecule has 0 aromatic heterocycles. The minimum absolute atomic E-state index is 0.0919. The van der Waals surface area contributed by atoms with E-state index in [1.54, 1.807) is 6.07 Å². The van der Waals surface area contributed by atoms with Gasteiger partial charge < -0.3 is 0 Å². The molecule has 0 N–H and O–H groups in total. The van der Waals surface area contributed by atoms with Crippen LogP contribution in [0, 0.1) is 28.5 Å². The highest BCUT2D eigenvalue weighted by Crippen LogP contribution is 2.39. The van der Waals surface area contributed by atoms with Crippen molar-refractivity contribution in [2.75, 3.05) is 0 Å². The standard InChI is InChI=1S/C10H13F.C10H20.C9H18/c1-10(2,3)8-6-4-5-7-9(8)11;1-10(2,3)9-7-5-4-6-8-9;1-9(2,3)8-6-4-5-7-8/h4-7H,1-3H3;9H,4-8H2,1-3H3;8H,4-7H2,1-3H3. The van der Waals surface area contributed by atoms with E-state index in [1.165, 1.54) is 63.9 Å². The zero-order valence-electron chi connectivity index (χ0n) is 21.7. The minimum atomic E-state index is -0.111. The van der Waals surface area contributed by atoms with Crippen molar-refractivity contribution in [3.05, 3.63) is 35.6 Å². The summed E-state index contributed by atoms with van der Waals surface area (Å²) >= 11 is 0. The maximum atomic E-state index is 13.1. The first-order valence-electron chi connectivity index (χ1n) is 12.5. The van der Waals surface area contributed by atoms with Crippen molar-refractivity contribution >= 4 is 0 Å². The second-order valence-electron chi connectivity index (χ2n) is 12.8. The van der Waals surface area contributed by atoms with Crippen LogP contribution in [0.2, 0.25) is 0 Å². The molecule has 1 heteroatoms. The lowest BCUT2D eigenvalue weighted by atomic mass is 9.72. The molecule has 2 aliphatic carbocycles. The second kappa shape index (κ2) is 11.7. The van der Waals surface area contributed by atoms with Gasteiger partial charge in [0, 0.05) is 0 Å². The van der Waals surface area contributed by atoms with Crippen molar-refractivity contribution in [1.29, 1.82) is 0 Å². The Morgan fingerprint density at radius 2 is 0.967 bits per heavy atom. The first kappa shape index (κ1) is 27.2. The van der Waals surface area contributed by atoms with E-state index in [0.29, 0.717) is 10.8 Å². The Balaban J connectivity index is 0.000000226. The highest BCUT2D eigenvalue weighted by atomic mass is 19.1. The fourth-order valence-corrected chi connectivity index (χ4v) is 4.83. The molecule has 0 amide bonds. The number of hydrogen-bond acceptors (Lipinski definition) is 0. The lowest BCUT2D eigenvalue weighted by molar-refractivity contribution is 0.180. The van der Waals surface area contributed by atoms with Crippen LogP contribution in [-0.4, -0.2) is 0 Å². The number of rotatable bonds is 0. The van der Waals surface area contributed by atoms with Gasteiger partial charge in [-0.1, -0.05) is 113 Å². The largest absolute Gasteiger partial charge is 0.207 e. The fraction of sp³-hybridized carbons (Fsp3) is 0.793. The molecule has 0 aliphatic heterocycles. The zero-order valence-corrected chi connectivity index (χ0v) is 21.7. The summed E-state index contributed by atoms with van der Waals surface area (Å²) in [5, 5.41) is 0. The Kier molecular flexibility index (Phi) is 10.6. The SMILES string of the molecule is CC(C)(C)C1CCCC1.CC(C)(C)C1CCCCC1.CC(C)(C)c1ccccc1F. The van der Waals surface area contributed by atoms with Gasteiger partial charge in [-0.25, -0.2) is 4.39 Å². The van der Waals surface area contributed by atoms with Gasteiger partial charge in [0.2, 0.25) is 0 Å². The third-order valence-corrected chi connectivity index (χ3v) is 7.09. The maximum Gasteiger partial charge on any atom is 0.126 e. The van der Waals surface area contributed by atoms with Crippen molar-refractivity contribution in [2.45, 2.75) is 126 Å². The van der Waals surface area contributed by atoms with Crippen LogP contribution >= 0.6 is 0 Å². The van der Waals surface area contributed by atoms with E-state index >= 15 is 0 Å². The number of benzene rings is 1. The quantitative estimate of drug-likeness (QED) is 0.393. The molecule has 0 bridgehead atoms. The predicted octanol–water partition coefficient (Wildman–Crippen LogP) is 9.96. The van der Waals surface area contributed by atoms with Gasteiger partial charge in [-0.3, -0.25) is 0 Å². The predicted molar refractivity (Wildman–Crippen MR) is 133 cm³/mol. The molecule has 0 nitrogen and oxygen atoms in total. The second-order valence-corrected chi connectivity index (χ2v) is 12.8. The van der Waals surface area contributed by atoms with Crippen molar-refractivity contribution in [2.24, 2.45) is 22.7 Å². The van der Waals surface area contributed by atoms with Crippen LogP contribution in [0.15, 0.2) is 24.3 Å². The molecule has 2 saturated carbocycles. The van der Waals surface area contributed by atoms with Gasteiger partial charge in [0.25, 0.3) is 0 Å². The van der Waals surface area contributed by atoms with Gasteiger partial charge in [0.1, 0.15) is 5.82 Å². The van der Waals surface area contributed by atoms with Crippen molar-refractivity contribution in [1.82, 2.24) is 0 Å². The minimum Gasteiger partial charge on any atom is -0.207 e. The van der Waals surface area contributed by atoms with E-state index in [4.69, 9.17) is 0 Å². The average Bonchev–Trinajstić information content (AvgIpc) is 3.17. The number of halogens is 1. The zero-order chi connectivity index (χ0) is 23.0. The van der Waals surface area contributed by atoms with Gasteiger partial charge in [0.05, 0.1) is 0 Å². The summed E-state index contributed by atoms with van der Waals surface area (Å²) in [7, 11) is 0. The van der Waals surface area contributed by atoms with Crippen molar-refractivity contribution in [3.63, 3.8) is 0 Å². The van der Waals surface area contributed by atoms with Gasteiger partial charge in [0.15, 0.2) is 0 Å². The normalized spacial score (nSPS) is 18.9. The Morgan fingerprint density at radius 3 is 1.23 bits per heavy atom. The topological polar surface area (TPSA) is 0 Å². The molecular weight excluding hydrogens is 367 g/mol. The molecule has 0 saturated heterocycles. The molecule has 0 atom stereocenters. The van der Waals surface area contributed by atoms with Gasteiger partial charge in [-0.2, -0.15) is 0 Å². The molecule has 30 heavy (non-hydrogen) atoms. The molecule has 2 aliphatic rings. The molecular formula is C29H51F. The first-order valence-corrected chi connectivity index (χ1v) is 12.5. The highest BCUT2D eigenvalue weighted by molar-refractivity contribution is 5.24. The van der Waals surface area contributed by atoms with E-state index in [-0.39, 0.29) is 11.2 Å². The summed E-state index contributed by atoms with van der Waals surface area (Å²) in [6.45, 7) is 20.2. The van der Waals surface area contributed by atoms with Crippen LogP contribution < -0.4 is 0 Å². The Labute approximate surface area is 188 Å². The van der Waals surface area contributed by atoms with Gasteiger partial charge >= 0.3 is 0 Å². The number of hydrogen-bond donors (Lipinski definition) is 0. The summed E-state index contributed by atoms with van der Waals surface area (Å²) in [5.74, 6) is 1.90. The van der Waals surface area contributed by atoms with E-state index in [9.17, 15) is 4.39 Å². The van der Waals surface area contributed by atoms with Crippen LogP contribution in [0.25, 0.3) is 0 Å². The van der Waals surface area contributed by atoms with Crippen molar-refractivity contribution < 1.29 is 4.39 Å². The van der Waals surface area contributed by atoms with E-state index in [1.807, 2.05) is 32.9 Å². The highest BCUT2D eigenvalue weighted by Gasteiger charge is 2.27. The van der Waals surface area contributed by atoms with Crippen LogP contribution in [0.1, 0.15) is 126 Å². The Morgan fingerprint density at radius 1 is 0.600 bits per heavy atom. The fourth-order valence-electron chi connectivity index (χ4n) is 4.83. The molecule has 1 aromatic rings. The lowest BCUT2D eigenvalue weighted by Gasteiger charge is -2.33. The molecule has 1 aromatic carbocycles. The molecule has 0 spiro atoms. The Hall–Kier alpha value is -0.850. The third-order valence-electron chi connectivity index (χ3n) is 7.09. The summed E-state index contributed by atoms with van der Waals surface area (Å²) in [6, 6.07) is 6.91. The molecule has 0 unspecified atom stereocenters. The molecule has 174 valence electrons. The molecule has 3 rings (SSSR count). The third kappa shape index (κ3) is 9.97. The van der Waals surface area contributed by atoms with Crippen LogP contribution in [0.4, 0.5) is 4.39 Å². The summed E-state index contributed by atoms with van der Waals surface area (Å²) in [4.78, 5) is 0. The monoisotopic (exact) mass is 418 g/mol. The van der Waals surface area contributed by atoms with Crippen LogP contribution in [0.5, 0.6) is 0 Å². The average molecular weight is 419 g/mol. The van der Waals surface area contributed by atoms with Crippen molar-refractivity contribution in [3.8, 4) is 0 Å². The summed E-state index contributed by atoms with van der Waals surface area (Å²) < 4.78 is 13.1. The smallest absolute Gasteiger partial charge is 0.126 e. The lowest BCUT2D eigenvalue weighted by Crippen LogP contribution is -2.22. The van der Waals surface area contributed by atoms with Gasteiger partial charge in [-0.05, 0) is 65.4 Å². The molecule has 0 radical (unpaired) electrons.